The molecule has 2 heterocycles. The zero-order valence-electron chi connectivity index (χ0n) is 31.0. The average molecular weight is 687 g/mol. The molecule has 12 heteroatoms. The predicted molar refractivity (Wildman–Crippen MR) is 188 cm³/mol. The average Bonchev–Trinajstić information content (AvgIpc) is 3.86. The Kier molecular flexibility index (Phi) is 12.6. The molecule has 4 rings (SSSR count). The number of carbonyl (C=O) groups excluding carboxylic acids is 4. The highest BCUT2D eigenvalue weighted by Crippen LogP contribution is 2.43. The summed E-state index contributed by atoms with van der Waals surface area (Å²) in [5.74, 6) is -0.776. The first kappa shape index (κ1) is 38.4. The SMILES string of the molecule is COCCCN1C(=O)C(C)(C)Oc2ccc(N(C(=O)[C@@H]3C[C@H](C(=O)N[C@@H](CCOC)CC(C)C)CN(C(=O)OC(C)(C)C)C3)C3CC3)cc21. The first-order valence-electron chi connectivity index (χ1n) is 17.8. The Labute approximate surface area is 292 Å². The van der Waals surface area contributed by atoms with E-state index in [0.717, 1.165) is 19.3 Å². The van der Waals surface area contributed by atoms with Crippen molar-refractivity contribution in [3.63, 3.8) is 0 Å². The van der Waals surface area contributed by atoms with Crippen LogP contribution in [0, 0.1) is 17.8 Å². The van der Waals surface area contributed by atoms with Crippen molar-refractivity contribution in [1.82, 2.24) is 10.2 Å². The van der Waals surface area contributed by atoms with Gasteiger partial charge in [-0.2, -0.15) is 0 Å². The second-order valence-corrected chi connectivity index (χ2v) is 15.6. The molecule has 1 saturated heterocycles. The number of anilines is 2. The lowest BCUT2D eigenvalue weighted by Gasteiger charge is -2.40. The zero-order chi connectivity index (χ0) is 36.1. The molecule has 2 aliphatic heterocycles. The van der Waals surface area contributed by atoms with Gasteiger partial charge < -0.3 is 39.0 Å². The molecule has 0 radical (unpaired) electrons. The van der Waals surface area contributed by atoms with Crippen LogP contribution in [0.1, 0.15) is 87.0 Å². The van der Waals surface area contributed by atoms with Gasteiger partial charge in [0.25, 0.3) is 5.91 Å². The summed E-state index contributed by atoms with van der Waals surface area (Å²) in [5.41, 5.74) is -0.500. The van der Waals surface area contributed by atoms with Crippen molar-refractivity contribution in [2.45, 2.75) is 110 Å². The minimum atomic E-state index is -1.03. The maximum atomic E-state index is 14.6. The molecule has 1 aromatic carbocycles. The van der Waals surface area contributed by atoms with E-state index in [1.807, 2.05) is 18.2 Å². The Morgan fingerprint density at radius 1 is 1.06 bits per heavy atom. The summed E-state index contributed by atoms with van der Waals surface area (Å²) in [5, 5.41) is 3.20. The second-order valence-electron chi connectivity index (χ2n) is 15.6. The summed E-state index contributed by atoms with van der Waals surface area (Å²) in [4.78, 5) is 60.4. The number of ether oxygens (including phenoxy) is 4. The smallest absolute Gasteiger partial charge is 0.410 e. The maximum Gasteiger partial charge on any atom is 0.410 e. The number of rotatable bonds is 14. The fraction of sp³-hybridized carbons (Fsp3) is 0.730. The van der Waals surface area contributed by atoms with Gasteiger partial charge >= 0.3 is 6.09 Å². The van der Waals surface area contributed by atoms with Gasteiger partial charge in [0, 0.05) is 64.8 Å². The lowest BCUT2D eigenvalue weighted by atomic mass is 9.87. The Balaban J connectivity index is 1.63. The number of amides is 4. The summed E-state index contributed by atoms with van der Waals surface area (Å²) < 4.78 is 22.4. The number of carbonyl (C=O) groups is 4. The maximum absolute atomic E-state index is 14.6. The second kappa shape index (κ2) is 16.1. The van der Waals surface area contributed by atoms with Crippen LogP contribution in [0.4, 0.5) is 16.2 Å². The summed E-state index contributed by atoms with van der Waals surface area (Å²) in [7, 11) is 3.27. The highest BCUT2D eigenvalue weighted by molar-refractivity contribution is 6.04. The topological polar surface area (TPSA) is 127 Å². The van der Waals surface area contributed by atoms with Crippen LogP contribution in [0.25, 0.3) is 0 Å². The predicted octanol–water partition coefficient (Wildman–Crippen LogP) is 5.16. The van der Waals surface area contributed by atoms with Gasteiger partial charge in [-0.15, -0.1) is 0 Å². The summed E-state index contributed by atoms with van der Waals surface area (Å²) >= 11 is 0. The number of nitrogens with zero attached hydrogens (tertiary/aromatic N) is 3. The van der Waals surface area contributed by atoms with Gasteiger partial charge in [-0.3, -0.25) is 14.4 Å². The van der Waals surface area contributed by atoms with E-state index in [0.29, 0.717) is 62.1 Å². The van der Waals surface area contributed by atoms with E-state index < -0.39 is 29.1 Å². The number of methoxy groups -OCH3 is 2. The summed E-state index contributed by atoms with van der Waals surface area (Å²) in [6.45, 7) is 14.9. The molecular weight excluding hydrogens is 628 g/mol. The fourth-order valence-corrected chi connectivity index (χ4v) is 6.68. The van der Waals surface area contributed by atoms with Gasteiger partial charge in [-0.05, 0) is 97.3 Å². The third-order valence-electron chi connectivity index (χ3n) is 9.11. The molecule has 0 unspecified atom stereocenters. The number of benzene rings is 1. The zero-order valence-corrected chi connectivity index (χ0v) is 31.0. The van der Waals surface area contributed by atoms with Crippen LogP contribution in [0.3, 0.4) is 0 Å². The van der Waals surface area contributed by atoms with E-state index in [2.05, 4.69) is 19.2 Å². The first-order chi connectivity index (χ1) is 23.0. The van der Waals surface area contributed by atoms with Crippen molar-refractivity contribution in [2.24, 2.45) is 17.8 Å². The number of nitrogens with one attached hydrogen (secondary N) is 1. The van der Waals surface area contributed by atoms with Crippen molar-refractivity contribution in [1.29, 1.82) is 0 Å². The Bertz CT molecular complexity index is 1340. The minimum Gasteiger partial charge on any atom is -0.476 e. The quantitative estimate of drug-likeness (QED) is 0.266. The van der Waals surface area contributed by atoms with Crippen LogP contribution < -0.4 is 19.9 Å². The summed E-state index contributed by atoms with van der Waals surface area (Å²) in [6, 6.07) is 5.44. The van der Waals surface area contributed by atoms with Gasteiger partial charge in [0.15, 0.2) is 5.60 Å². The van der Waals surface area contributed by atoms with Crippen molar-refractivity contribution in [2.75, 3.05) is 56.9 Å². The standard InChI is InChI=1S/C37H58N4O8/c1-24(2)19-27(15-18-47-9)38-32(42)25-20-26(23-39(22-25)35(45)49-36(3,4)5)33(43)41(28-11-12-28)29-13-14-31-30(21-29)40(16-10-17-46-8)34(44)37(6,7)48-31/h13-14,21,24-28H,10-12,15-20,22-23H2,1-9H3,(H,38,42)/t25-,26+,27-/m0/s1. The van der Waals surface area contributed by atoms with E-state index in [-0.39, 0.29) is 42.9 Å². The molecule has 4 amide bonds. The van der Waals surface area contributed by atoms with Gasteiger partial charge in [0.05, 0.1) is 17.5 Å². The lowest BCUT2D eigenvalue weighted by Crippen LogP contribution is -2.54. The molecule has 1 saturated carbocycles. The van der Waals surface area contributed by atoms with Crippen LogP contribution in [0.2, 0.25) is 0 Å². The van der Waals surface area contributed by atoms with Crippen LogP contribution >= 0.6 is 0 Å². The number of hydrogen-bond acceptors (Lipinski definition) is 8. The number of piperidine rings is 1. The molecule has 0 spiro atoms. The van der Waals surface area contributed by atoms with E-state index in [1.165, 1.54) is 4.90 Å². The van der Waals surface area contributed by atoms with E-state index in [1.54, 1.807) is 58.6 Å². The van der Waals surface area contributed by atoms with Crippen LogP contribution in [0.5, 0.6) is 5.75 Å². The lowest BCUT2D eigenvalue weighted by molar-refractivity contribution is -0.133. The van der Waals surface area contributed by atoms with Crippen molar-refractivity contribution >= 4 is 35.2 Å². The van der Waals surface area contributed by atoms with Crippen LogP contribution in [-0.4, -0.2) is 99.1 Å². The molecule has 3 aliphatic rings. The number of hydrogen-bond donors (Lipinski definition) is 1. The normalized spacial score (nSPS) is 21.1. The van der Waals surface area contributed by atoms with E-state index in [9.17, 15) is 19.2 Å². The van der Waals surface area contributed by atoms with Crippen molar-refractivity contribution in [3.05, 3.63) is 18.2 Å². The molecule has 49 heavy (non-hydrogen) atoms. The molecular formula is C37H58N4O8. The van der Waals surface area contributed by atoms with Crippen LogP contribution in [0.15, 0.2) is 18.2 Å². The highest BCUT2D eigenvalue weighted by Gasteiger charge is 2.45. The largest absolute Gasteiger partial charge is 0.476 e. The monoisotopic (exact) mass is 686 g/mol. The Morgan fingerprint density at radius 2 is 1.73 bits per heavy atom. The molecule has 274 valence electrons. The van der Waals surface area contributed by atoms with Gasteiger partial charge in [0.1, 0.15) is 11.4 Å². The third-order valence-corrected chi connectivity index (χ3v) is 9.11. The first-order valence-corrected chi connectivity index (χ1v) is 17.8. The molecule has 1 N–H and O–H groups in total. The molecule has 3 atom stereocenters. The fourth-order valence-electron chi connectivity index (χ4n) is 6.68. The van der Waals surface area contributed by atoms with Crippen LogP contribution in [-0.2, 0) is 28.6 Å². The van der Waals surface area contributed by atoms with Gasteiger partial charge in [-0.25, -0.2) is 4.79 Å². The van der Waals surface area contributed by atoms with Gasteiger partial charge in [0.2, 0.25) is 11.8 Å². The van der Waals surface area contributed by atoms with Crippen molar-refractivity contribution in [3.8, 4) is 5.75 Å². The summed E-state index contributed by atoms with van der Waals surface area (Å²) in [6.07, 6.45) is 3.54. The molecule has 1 aliphatic carbocycles. The highest BCUT2D eigenvalue weighted by atomic mass is 16.6. The number of fused-ring (bicyclic) bond motifs is 1. The Morgan fingerprint density at radius 3 is 2.35 bits per heavy atom. The third kappa shape index (κ3) is 10.1. The molecule has 1 aromatic rings. The minimum absolute atomic E-state index is 0.0159. The van der Waals surface area contributed by atoms with Crippen molar-refractivity contribution < 1.29 is 38.1 Å². The molecule has 12 nitrogen and oxygen atoms in total. The Hall–Kier alpha value is -3.38. The number of likely N-dealkylation sites (tertiary alicyclic amines) is 1. The van der Waals surface area contributed by atoms with Gasteiger partial charge in [-0.1, -0.05) is 13.8 Å². The molecule has 0 bridgehead atoms. The van der Waals surface area contributed by atoms with E-state index in [4.69, 9.17) is 18.9 Å². The van der Waals surface area contributed by atoms with E-state index >= 15 is 0 Å². The molecule has 2 fully saturated rings. The molecule has 0 aromatic heterocycles.